The number of carbonyl (C=O) groups excluding carboxylic acids is 2. The summed E-state index contributed by atoms with van der Waals surface area (Å²) in [6.45, 7) is 2.62. The molecule has 0 aliphatic carbocycles. The van der Waals surface area contributed by atoms with Crippen molar-refractivity contribution in [1.29, 1.82) is 0 Å². The number of hydrogen-bond donors (Lipinski definition) is 2. The summed E-state index contributed by atoms with van der Waals surface area (Å²) in [7, 11) is 0. The molecule has 1 saturated heterocycles. The third-order valence-corrected chi connectivity index (χ3v) is 2.81. The van der Waals surface area contributed by atoms with Crippen LogP contribution in [0.4, 0.5) is 0 Å². The minimum atomic E-state index is -0.144. The fourth-order valence-corrected chi connectivity index (χ4v) is 1.80. The van der Waals surface area contributed by atoms with Gasteiger partial charge < -0.3 is 10.6 Å². The Balaban J connectivity index is 1.99. The van der Waals surface area contributed by atoms with E-state index in [-0.39, 0.29) is 24.2 Å². The van der Waals surface area contributed by atoms with Crippen molar-refractivity contribution in [3.05, 3.63) is 47.7 Å². The molecule has 2 rings (SSSR count). The highest BCUT2D eigenvalue weighted by Gasteiger charge is 2.18. The van der Waals surface area contributed by atoms with E-state index in [9.17, 15) is 9.59 Å². The first-order valence-corrected chi connectivity index (χ1v) is 6.00. The zero-order valence-electron chi connectivity index (χ0n) is 10.3. The number of rotatable bonds is 3. The second kappa shape index (κ2) is 5.49. The van der Waals surface area contributed by atoms with Crippen molar-refractivity contribution in [2.24, 2.45) is 0 Å². The fraction of sp³-hybridized carbons (Fsp3) is 0.286. The SMILES string of the molecule is CC1CNC(=CCC(=O)c2ccccc2)C(=O)N1. The Morgan fingerprint density at radius 1 is 1.39 bits per heavy atom. The maximum Gasteiger partial charge on any atom is 0.267 e. The molecule has 1 aromatic rings. The van der Waals surface area contributed by atoms with E-state index >= 15 is 0 Å². The predicted octanol–water partition coefficient (Wildman–Crippen LogP) is 1.25. The number of piperazine rings is 1. The van der Waals surface area contributed by atoms with E-state index in [0.29, 0.717) is 17.8 Å². The van der Waals surface area contributed by atoms with Crippen LogP contribution in [-0.4, -0.2) is 24.3 Å². The monoisotopic (exact) mass is 244 g/mol. The molecular weight excluding hydrogens is 228 g/mol. The van der Waals surface area contributed by atoms with Crippen LogP contribution < -0.4 is 10.6 Å². The summed E-state index contributed by atoms with van der Waals surface area (Å²) >= 11 is 0. The molecule has 18 heavy (non-hydrogen) atoms. The van der Waals surface area contributed by atoms with Gasteiger partial charge in [0.1, 0.15) is 0 Å². The molecule has 94 valence electrons. The van der Waals surface area contributed by atoms with Gasteiger partial charge in [-0.3, -0.25) is 9.59 Å². The summed E-state index contributed by atoms with van der Waals surface area (Å²) in [4.78, 5) is 23.5. The van der Waals surface area contributed by atoms with E-state index in [2.05, 4.69) is 10.6 Å². The zero-order chi connectivity index (χ0) is 13.0. The van der Waals surface area contributed by atoms with Crippen molar-refractivity contribution < 1.29 is 9.59 Å². The van der Waals surface area contributed by atoms with Gasteiger partial charge in [0.15, 0.2) is 5.78 Å². The van der Waals surface area contributed by atoms with Crippen LogP contribution in [0.1, 0.15) is 23.7 Å². The second-order valence-electron chi connectivity index (χ2n) is 4.37. The molecule has 4 nitrogen and oxygen atoms in total. The first-order chi connectivity index (χ1) is 8.66. The molecule has 1 heterocycles. The summed E-state index contributed by atoms with van der Waals surface area (Å²) in [6, 6.07) is 9.20. The minimum Gasteiger partial charge on any atom is -0.379 e. The Bertz CT molecular complexity index is 480. The Morgan fingerprint density at radius 3 is 2.78 bits per heavy atom. The molecule has 1 fully saturated rings. The molecule has 1 amide bonds. The van der Waals surface area contributed by atoms with Gasteiger partial charge in [0.25, 0.3) is 5.91 Å². The van der Waals surface area contributed by atoms with Crippen LogP contribution >= 0.6 is 0 Å². The molecule has 0 saturated carbocycles. The highest BCUT2D eigenvalue weighted by Crippen LogP contribution is 2.06. The number of nitrogens with one attached hydrogen (secondary N) is 2. The van der Waals surface area contributed by atoms with Gasteiger partial charge in [-0.25, -0.2) is 0 Å². The Labute approximate surface area is 106 Å². The molecular formula is C14H16N2O2. The van der Waals surface area contributed by atoms with Crippen molar-refractivity contribution >= 4 is 11.7 Å². The number of carbonyl (C=O) groups is 2. The predicted molar refractivity (Wildman–Crippen MR) is 69.1 cm³/mol. The average molecular weight is 244 g/mol. The van der Waals surface area contributed by atoms with Gasteiger partial charge in [0.2, 0.25) is 0 Å². The van der Waals surface area contributed by atoms with Crippen molar-refractivity contribution in [2.45, 2.75) is 19.4 Å². The van der Waals surface area contributed by atoms with Crippen LogP contribution in [0.2, 0.25) is 0 Å². The number of amides is 1. The molecule has 0 spiro atoms. The van der Waals surface area contributed by atoms with Crippen molar-refractivity contribution in [3.63, 3.8) is 0 Å². The zero-order valence-corrected chi connectivity index (χ0v) is 10.3. The largest absolute Gasteiger partial charge is 0.379 e. The Kier molecular flexibility index (Phi) is 3.77. The lowest BCUT2D eigenvalue weighted by atomic mass is 10.1. The van der Waals surface area contributed by atoms with Gasteiger partial charge >= 0.3 is 0 Å². The van der Waals surface area contributed by atoms with Gasteiger partial charge in [-0.05, 0) is 13.0 Å². The van der Waals surface area contributed by atoms with Crippen LogP contribution in [-0.2, 0) is 4.79 Å². The van der Waals surface area contributed by atoms with E-state index in [1.54, 1.807) is 18.2 Å². The van der Waals surface area contributed by atoms with E-state index in [1.807, 2.05) is 25.1 Å². The van der Waals surface area contributed by atoms with Crippen LogP contribution in [0, 0.1) is 0 Å². The Hall–Kier alpha value is -2.10. The highest BCUT2D eigenvalue weighted by molar-refractivity contribution is 5.99. The number of ketones is 1. The lowest BCUT2D eigenvalue weighted by Crippen LogP contribution is -2.49. The van der Waals surface area contributed by atoms with Crippen molar-refractivity contribution in [2.75, 3.05) is 6.54 Å². The molecule has 0 bridgehead atoms. The minimum absolute atomic E-state index is 0.0105. The molecule has 1 unspecified atom stereocenters. The maximum absolute atomic E-state index is 11.9. The number of hydrogen-bond acceptors (Lipinski definition) is 3. The summed E-state index contributed by atoms with van der Waals surface area (Å²) in [5.41, 5.74) is 1.15. The summed E-state index contributed by atoms with van der Waals surface area (Å²) in [5.74, 6) is -0.133. The van der Waals surface area contributed by atoms with Gasteiger partial charge in [-0.15, -0.1) is 0 Å². The fourth-order valence-electron chi connectivity index (χ4n) is 1.80. The molecule has 1 aromatic carbocycles. The molecule has 1 aliphatic heterocycles. The number of benzene rings is 1. The lowest BCUT2D eigenvalue weighted by molar-refractivity contribution is -0.119. The Morgan fingerprint density at radius 2 is 2.11 bits per heavy atom. The maximum atomic E-state index is 11.9. The van der Waals surface area contributed by atoms with Crippen LogP contribution in [0.15, 0.2) is 42.1 Å². The normalized spacial score (nSPS) is 21.3. The van der Waals surface area contributed by atoms with Crippen molar-refractivity contribution in [3.8, 4) is 0 Å². The first-order valence-electron chi connectivity index (χ1n) is 6.00. The molecule has 1 atom stereocenters. The summed E-state index contributed by atoms with van der Waals surface area (Å²) < 4.78 is 0. The second-order valence-corrected chi connectivity index (χ2v) is 4.37. The van der Waals surface area contributed by atoms with Crippen molar-refractivity contribution in [1.82, 2.24) is 10.6 Å². The highest BCUT2D eigenvalue weighted by atomic mass is 16.2. The third-order valence-electron chi connectivity index (χ3n) is 2.81. The van der Waals surface area contributed by atoms with E-state index in [1.165, 1.54) is 0 Å². The van der Waals surface area contributed by atoms with E-state index < -0.39 is 0 Å². The van der Waals surface area contributed by atoms with E-state index in [0.717, 1.165) is 0 Å². The van der Waals surface area contributed by atoms with Gasteiger partial charge in [0.05, 0.1) is 5.70 Å². The number of Topliss-reactive ketones (excluding diaryl/α,β-unsaturated/α-hetero) is 1. The van der Waals surface area contributed by atoms with Gasteiger partial charge in [0, 0.05) is 24.6 Å². The standard InChI is InChI=1S/C14H16N2O2/c1-10-9-15-12(14(18)16-10)7-8-13(17)11-5-3-2-4-6-11/h2-7,10,15H,8-9H2,1H3,(H,16,18). The number of allylic oxidation sites excluding steroid dienone is 1. The molecule has 1 aliphatic rings. The summed E-state index contributed by atoms with van der Waals surface area (Å²) in [5, 5.41) is 5.83. The lowest BCUT2D eigenvalue weighted by Gasteiger charge is -2.23. The van der Waals surface area contributed by atoms with E-state index in [4.69, 9.17) is 0 Å². The summed E-state index contributed by atoms with van der Waals surface area (Å²) in [6.07, 6.45) is 1.88. The average Bonchev–Trinajstić information content (AvgIpc) is 2.38. The third kappa shape index (κ3) is 2.97. The molecule has 0 radical (unpaired) electrons. The quantitative estimate of drug-likeness (QED) is 0.621. The first kappa shape index (κ1) is 12.4. The van der Waals surface area contributed by atoms with Crippen LogP contribution in [0.25, 0.3) is 0 Å². The molecule has 0 aromatic heterocycles. The van der Waals surface area contributed by atoms with Gasteiger partial charge in [-0.1, -0.05) is 30.3 Å². The molecule has 2 N–H and O–H groups in total. The molecule has 4 heteroatoms. The van der Waals surface area contributed by atoms with Crippen LogP contribution in [0.3, 0.4) is 0 Å². The van der Waals surface area contributed by atoms with Crippen LogP contribution in [0.5, 0.6) is 0 Å². The smallest absolute Gasteiger partial charge is 0.267 e. The van der Waals surface area contributed by atoms with Gasteiger partial charge in [-0.2, -0.15) is 0 Å². The topological polar surface area (TPSA) is 58.2 Å².